The van der Waals surface area contributed by atoms with Gasteiger partial charge in [0.1, 0.15) is 0 Å². The molecule has 8 heteroatoms. The summed E-state index contributed by atoms with van der Waals surface area (Å²) in [5.41, 5.74) is 1.05. The van der Waals surface area contributed by atoms with Crippen molar-refractivity contribution in [2.24, 2.45) is 0 Å². The molecule has 0 aromatic heterocycles. The van der Waals surface area contributed by atoms with Gasteiger partial charge in [0, 0.05) is 17.8 Å². The van der Waals surface area contributed by atoms with Crippen LogP contribution in [0.5, 0.6) is 5.75 Å². The first-order valence-electron chi connectivity index (χ1n) is 8.53. The monoisotopic (exact) mass is 384 g/mol. The van der Waals surface area contributed by atoms with Crippen LogP contribution in [-0.4, -0.2) is 30.5 Å². The Kier molecular flexibility index (Phi) is 7.27. The lowest BCUT2D eigenvalue weighted by molar-refractivity contribution is -0.385. The molecule has 2 rings (SSSR count). The summed E-state index contributed by atoms with van der Waals surface area (Å²) in [6, 6.07) is 10.8. The van der Waals surface area contributed by atoms with Crippen molar-refractivity contribution in [2.45, 2.75) is 13.3 Å². The van der Waals surface area contributed by atoms with Gasteiger partial charge in [-0.2, -0.15) is 0 Å². The van der Waals surface area contributed by atoms with Crippen molar-refractivity contribution in [1.29, 1.82) is 0 Å². The van der Waals surface area contributed by atoms with Crippen LogP contribution in [0.4, 0.5) is 11.4 Å². The summed E-state index contributed by atoms with van der Waals surface area (Å²) in [6.07, 6.45) is 3.43. The number of methoxy groups -OCH3 is 1. The average Bonchev–Trinajstić information content (AvgIpc) is 2.70. The molecule has 0 fully saturated rings. The molecule has 0 saturated heterocycles. The van der Waals surface area contributed by atoms with Crippen molar-refractivity contribution in [1.82, 2.24) is 0 Å². The van der Waals surface area contributed by atoms with Crippen LogP contribution in [0.15, 0.2) is 48.5 Å². The van der Waals surface area contributed by atoms with Crippen molar-refractivity contribution in [3.8, 4) is 5.75 Å². The number of rotatable bonds is 8. The quantitative estimate of drug-likeness (QED) is 0.321. The van der Waals surface area contributed by atoms with Gasteiger partial charge in [0.2, 0.25) is 5.91 Å². The van der Waals surface area contributed by atoms with E-state index in [-0.39, 0.29) is 11.4 Å². The van der Waals surface area contributed by atoms with Crippen LogP contribution < -0.4 is 10.1 Å². The second-order valence-electron chi connectivity index (χ2n) is 5.73. The van der Waals surface area contributed by atoms with Gasteiger partial charge in [-0.15, -0.1) is 0 Å². The van der Waals surface area contributed by atoms with E-state index >= 15 is 0 Å². The zero-order chi connectivity index (χ0) is 20.5. The third kappa shape index (κ3) is 5.66. The molecule has 0 aliphatic carbocycles. The fourth-order valence-electron chi connectivity index (χ4n) is 2.31. The highest BCUT2D eigenvalue weighted by Crippen LogP contribution is 2.28. The highest BCUT2D eigenvalue weighted by atomic mass is 16.6. The number of benzene rings is 2. The standard InChI is InChI=1S/C20H20N2O6/c1-3-11-28-18-9-7-14(12-17(18)22(25)26)8-10-19(23)21-16-6-4-5-15(13-16)20(24)27-2/h4-10,12-13H,3,11H2,1-2H3,(H,21,23)/b10-8+. The van der Waals surface area contributed by atoms with Crippen LogP contribution in [0.2, 0.25) is 0 Å². The van der Waals surface area contributed by atoms with Gasteiger partial charge >= 0.3 is 11.7 Å². The lowest BCUT2D eigenvalue weighted by Gasteiger charge is -2.06. The van der Waals surface area contributed by atoms with E-state index in [0.717, 1.165) is 6.42 Å². The predicted octanol–water partition coefficient (Wildman–Crippen LogP) is 3.82. The second-order valence-corrected chi connectivity index (χ2v) is 5.73. The van der Waals surface area contributed by atoms with Gasteiger partial charge in [0.15, 0.2) is 5.75 Å². The molecular weight excluding hydrogens is 364 g/mol. The van der Waals surface area contributed by atoms with Crippen molar-refractivity contribution in [3.63, 3.8) is 0 Å². The predicted molar refractivity (Wildman–Crippen MR) is 104 cm³/mol. The SMILES string of the molecule is CCCOc1ccc(/C=C/C(=O)Nc2cccc(C(=O)OC)c2)cc1[N+](=O)[O-]. The summed E-state index contributed by atoms with van der Waals surface area (Å²) in [7, 11) is 1.27. The molecule has 2 aromatic carbocycles. The van der Waals surface area contributed by atoms with Gasteiger partial charge in [-0.3, -0.25) is 14.9 Å². The zero-order valence-electron chi connectivity index (χ0n) is 15.5. The zero-order valence-corrected chi connectivity index (χ0v) is 15.5. The molecule has 1 amide bonds. The molecule has 0 heterocycles. The van der Waals surface area contributed by atoms with Crippen LogP contribution in [-0.2, 0) is 9.53 Å². The molecular formula is C20H20N2O6. The van der Waals surface area contributed by atoms with E-state index < -0.39 is 16.8 Å². The summed E-state index contributed by atoms with van der Waals surface area (Å²) in [5.74, 6) is -0.770. The highest BCUT2D eigenvalue weighted by Gasteiger charge is 2.15. The molecule has 0 spiro atoms. The van der Waals surface area contributed by atoms with Crippen LogP contribution >= 0.6 is 0 Å². The fraction of sp³-hybridized carbons (Fsp3) is 0.200. The number of nitrogens with zero attached hydrogens (tertiary/aromatic N) is 1. The van der Waals surface area contributed by atoms with Gasteiger partial charge in [0.25, 0.3) is 0 Å². The number of carbonyl (C=O) groups is 2. The Hall–Kier alpha value is -3.68. The van der Waals surface area contributed by atoms with Gasteiger partial charge in [-0.25, -0.2) is 4.79 Å². The van der Waals surface area contributed by atoms with E-state index in [4.69, 9.17) is 4.74 Å². The van der Waals surface area contributed by atoms with Gasteiger partial charge < -0.3 is 14.8 Å². The van der Waals surface area contributed by atoms with E-state index in [2.05, 4.69) is 10.1 Å². The molecule has 0 aliphatic rings. The molecule has 0 atom stereocenters. The number of amides is 1. The molecule has 0 bridgehead atoms. The summed E-state index contributed by atoms with van der Waals surface area (Å²) >= 11 is 0. The minimum Gasteiger partial charge on any atom is -0.487 e. The van der Waals surface area contributed by atoms with Crippen LogP contribution in [0, 0.1) is 10.1 Å². The first-order valence-corrected chi connectivity index (χ1v) is 8.53. The van der Waals surface area contributed by atoms with Gasteiger partial charge in [-0.1, -0.05) is 19.1 Å². The van der Waals surface area contributed by atoms with Crippen LogP contribution in [0.3, 0.4) is 0 Å². The second kappa shape index (κ2) is 9.86. The molecule has 2 aromatic rings. The molecule has 8 nitrogen and oxygen atoms in total. The lowest BCUT2D eigenvalue weighted by Crippen LogP contribution is -2.09. The number of hydrogen-bond donors (Lipinski definition) is 1. The third-order valence-corrected chi connectivity index (χ3v) is 3.62. The van der Waals surface area contributed by atoms with E-state index in [9.17, 15) is 19.7 Å². The number of ether oxygens (including phenoxy) is 2. The van der Waals surface area contributed by atoms with E-state index in [0.29, 0.717) is 23.4 Å². The van der Waals surface area contributed by atoms with Crippen molar-refractivity contribution in [2.75, 3.05) is 19.0 Å². The number of carbonyl (C=O) groups excluding carboxylic acids is 2. The van der Waals surface area contributed by atoms with E-state index in [1.54, 1.807) is 24.3 Å². The maximum absolute atomic E-state index is 12.1. The minimum absolute atomic E-state index is 0.165. The summed E-state index contributed by atoms with van der Waals surface area (Å²) in [4.78, 5) is 34.3. The first-order chi connectivity index (χ1) is 13.4. The fourth-order valence-corrected chi connectivity index (χ4v) is 2.31. The molecule has 0 unspecified atom stereocenters. The Morgan fingerprint density at radius 3 is 2.68 bits per heavy atom. The maximum atomic E-state index is 12.1. The minimum atomic E-state index is -0.527. The Balaban J connectivity index is 2.10. The molecule has 0 radical (unpaired) electrons. The normalized spacial score (nSPS) is 10.5. The lowest BCUT2D eigenvalue weighted by atomic mass is 10.1. The summed E-state index contributed by atoms with van der Waals surface area (Å²) in [5, 5.41) is 13.8. The molecule has 0 saturated carbocycles. The Morgan fingerprint density at radius 1 is 1.21 bits per heavy atom. The van der Waals surface area contributed by atoms with Crippen molar-refractivity contribution < 1.29 is 24.0 Å². The van der Waals surface area contributed by atoms with E-state index in [1.807, 2.05) is 6.92 Å². The number of anilines is 1. The Morgan fingerprint density at radius 2 is 2.00 bits per heavy atom. The first kappa shape index (κ1) is 20.6. The van der Waals surface area contributed by atoms with Gasteiger partial charge in [-0.05, 0) is 42.3 Å². The number of nitro groups is 1. The number of hydrogen-bond acceptors (Lipinski definition) is 6. The number of nitrogens with one attached hydrogen (secondary N) is 1. The Labute approximate surface area is 161 Å². The molecule has 28 heavy (non-hydrogen) atoms. The van der Waals surface area contributed by atoms with Crippen molar-refractivity contribution in [3.05, 3.63) is 69.8 Å². The van der Waals surface area contributed by atoms with Gasteiger partial charge in [0.05, 0.1) is 24.2 Å². The van der Waals surface area contributed by atoms with Crippen LogP contribution in [0.1, 0.15) is 29.3 Å². The number of nitro benzene ring substituents is 1. The summed E-state index contributed by atoms with van der Waals surface area (Å²) < 4.78 is 10.00. The molecule has 146 valence electrons. The summed E-state index contributed by atoms with van der Waals surface area (Å²) in [6.45, 7) is 2.28. The average molecular weight is 384 g/mol. The smallest absolute Gasteiger partial charge is 0.337 e. The highest BCUT2D eigenvalue weighted by molar-refractivity contribution is 6.02. The Bertz CT molecular complexity index is 907. The molecule has 1 N–H and O–H groups in total. The van der Waals surface area contributed by atoms with Crippen molar-refractivity contribution >= 4 is 29.3 Å². The molecule has 0 aliphatic heterocycles. The number of esters is 1. The van der Waals surface area contributed by atoms with E-state index in [1.165, 1.54) is 37.5 Å². The largest absolute Gasteiger partial charge is 0.487 e. The maximum Gasteiger partial charge on any atom is 0.337 e. The van der Waals surface area contributed by atoms with Crippen LogP contribution in [0.25, 0.3) is 6.08 Å². The topological polar surface area (TPSA) is 108 Å². The third-order valence-electron chi connectivity index (χ3n) is 3.62.